The van der Waals surface area contributed by atoms with Crippen LogP contribution in [0.3, 0.4) is 0 Å². The van der Waals surface area contributed by atoms with Gasteiger partial charge in [-0.25, -0.2) is 4.79 Å². The van der Waals surface area contributed by atoms with Crippen LogP contribution in [0.5, 0.6) is 0 Å². The Morgan fingerprint density at radius 3 is 2.44 bits per heavy atom. The lowest BCUT2D eigenvalue weighted by atomic mass is 10.2. The van der Waals surface area contributed by atoms with Crippen molar-refractivity contribution in [2.24, 2.45) is 5.92 Å². The number of nitrogens with zero attached hydrogens (tertiary/aromatic N) is 1. The van der Waals surface area contributed by atoms with E-state index in [4.69, 9.17) is 5.11 Å². The Morgan fingerprint density at radius 2 is 2.00 bits per heavy atom. The molecule has 0 aliphatic carbocycles. The van der Waals surface area contributed by atoms with E-state index in [1.165, 1.54) is 18.9 Å². The van der Waals surface area contributed by atoms with E-state index < -0.39 is 23.9 Å². The number of aliphatic carboxylic acids is 1. The van der Waals surface area contributed by atoms with Crippen LogP contribution in [0.15, 0.2) is 0 Å². The molecule has 0 aliphatic heterocycles. The minimum absolute atomic E-state index is 0.0234. The van der Waals surface area contributed by atoms with E-state index in [-0.39, 0.29) is 13.1 Å². The van der Waals surface area contributed by atoms with E-state index in [2.05, 4.69) is 10.1 Å². The van der Waals surface area contributed by atoms with Crippen molar-refractivity contribution in [3.05, 3.63) is 0 Å². The number of carbonyl (C=O) groups excluding carboxylic acids is 2. The van der Waals surface area contributed by atoms with Crippen LogP contribution in [0.25, 0.3) is 0 Å². The molecule has 0 radical (unpaired) electrons. The molecule has 0 saturated carbocycles. The Labute approximate surface area is 106 Å². The molecule has 1 atom stereocenters. The van der Waals surface area contributed by atoms with Crippen molar-refractivity contribution in [1.29, 1.82) is 0 Å². The fourth-order valence-corrected chi connectivity index (χ4v) is 1.18. The minimum atomic E-state index is -0.981. The predicted molar refractivity (Wildman–Crippen MR) is 64.1 cm³/mol. The topological polar surface area (TPSA) is 95.9 Å². The van der Waals surface area contributed by atoms with Crippen LogP contribution in [0.2, 0.25) is 0 Å². The van der Waals surface area contributed by atoms with E-state index in [1.807, 2.05) is 6.92 Å². The first kappa shape index (κ1) is 16.2. The van der Waals surface area contributed by atoms with Gasteiger partial charge in [0.2, 0.25) is 0 Å². The van der Waals surface area contributed by atoms with Gasteiger partial charge in [-0.2, -0.15) is 0 Å². The Kier molecular flexibility index (Phi) is 7.50. The normalized spacial score (nSPS) is 11.5. The number of carboxylic acids is 1. The van der Waals surface area contributed by atoms with Crippen molar-refractivity contribution in [1.82, 2.24) is 10.2 Å². The zero-order valence-electron chi connectivity index (χ0n) is 10.9. The molecule has 7 nitrogen and oxygen atoms in total. The summed E-state index contributed by atoms with van der Waals surface area (Å²) in [4.78, 5) is 34.7. The largest absolute Gasteiger partial charge is 0.481 e. The number of rotatable bonds is 7. The van der Waals surface area contributed by atoms with E-state index >= 15 is 0 Å². The average molecular weight is 260 g/mol. The third-order valence-corrected chi connectivity index (χ3v) is 2.31. The van der Waals surface area contributed by atoms with Gasteiger partial charge in [0, 0.05) is 13.1 Å². The van der Waals surface area contributed by atoms with Gasteiger partial charge in [0.1, 0.15) is 6.54 Å². The summed E-state index contributed by atoms with van der Waals surface area (Å²) in [7, 11) is 1.25. The number of urea groups is 1. The van der Waals surface area contributed by atoms with Gasteiger partial charge in [-0.1, -0.05) is 13.8 Å². The third kappa shape index (κ3) is 6.07. The van der Waals surface area contributed by atoms with Crippen molar-refractivity contribution in [3.63, 3.8) is 0 Å². The molecule has 0 aliphatic rings. The number of carboxylic acid groups (broad SMARTS) is 1. The Bertz CT molecular complexity index is 306. The molecule has 0 fully saturated rings. The lowest BCUT2D eigenvalue weighted by Gasteiger charge is -2.21. The van der Waals surface area contributed by atoms with Crippen molar-refractivity contribution in [3.8, 4) is 0 Å². The lowest BCUT2D eigenvalue weighted by Crippen LogP contribution is -2.45. The lowest BCUT2D eigenvalue weighted by molar-refractivity contribution is -0.142. The minimum Gasteiger partial charge on any atom is -0.481 e. The van der Waals surface area contributed by atoms with Gasteiger partial charge in [-0.15, -0.1) is 0 Å². The third-order valence-electron chi connectivity index (χ3n) is 2.31. The molecule has 0 aromatic carbocycles. The number of carbonyl (C=O) groups is 3. The maximum absolute atomic E-state index is 11.7. The predicted octanol–water partition coefficient (Wildman–Crippen LogP) is 0.302. The molecule has 0 spiro atoms. The van der Waals surface area contributed by atoms with Crippen LogP contribution < -0.4 is 5.32 Å². The van der Waals surface area contributed by atoms with Gasteiger partial charge in [0.05, 0.1) is 13.0 Å². The van der Waals surface area contributed by atoms with E-state index in [0.29, 0.717) is 13.0 Å². The number of hydrogen-bond acceptors (Lipinski definition) is 4. The fraction of sp³-hybridized carbons (Fsp3) is 0.727. The van der Waals surface area contributed by atoms with Crippen LogP contribution in [-0.2, 0) is 14.3 Å². The molecule has 0 aromatic heterocycles. The van der Waals surface area contributed by atoms with Crippen molar-refractivity contribution < 1.29 is 24.2 Å². The summed E-state index contributed by atoms with van der Waals surface area (Å²) < 4.78 is 4.49. The molecular weight excluding hydrogens is 240 g/mol. The molecule has 18 heavy (non-hydrogen) atoms. The van der Waals surface area contributed by atoms with Gasteiger partial charge in [-0.3, -0.25) is 9.59 Å². The molecule has 0 saturated heterocycles. The maximum Gasteiger partial charge on any atom is 0.325 e. The number of hydrogen-bond donors (Lipinski definition) is 2. The fourth-order valence-electron chi connectivity index (χ4n) is 1.18. The molecule has 7 heteroatoms. The summed E-state index contributed by atoms with van der Waals surface area (Å²) in [5.74, 6) is -2.16. The zero-order chi connectivity index (χ0) is 14.1. The number of nitrogens with one attached hydrogen (secondary N) is 1. The van der Waals surface area contributed by atoms with Gasteiger partial charge in [0.15, 0.2) is 0 Å². The number of methoxy groups -OCH3 is 1. The van der Waals surface area contributed by atoms with Crippen molar-refractivity contribution in [2.45, 2.75) is 20.3 Å². The molecule has 0 heterocycles. The number of ether oxygens (including phenoxy) is 1. The highest BCUT2D eigenvalue weighted by Gasteiger charge is 2.18. The summed E-state index contributed by atoms with van der Waals surface area (Å²) in [6, 6.07) is -0.463. The Morgan fingerprint density at radius 1 is 1.39 bits per heavy atom. The second-order valence-electron chi connectivity index (χ2n) is 3.92. The molecule has 0 rings (SSSR count). The molecule has 0 bridgehead atoms. The summed E-state index contributed by atoms with van der Waals surface area (Å²) in [5, 5.41) is 11.2. The second-order valence-corrected chi connectivity index (χ2v) is 3.92. The van der Waals surface area contributed by atoms with E-state index in [1.54, 1.807) is 0 Å². The van der Waals surface area contributed by atoms with Gasteiger partial charge in [-0.05, 0) is 6.42 Å². The maximum atomic E-state index is 11.7. The van der Waals surface area contributed by atoms with Crippen LogP contribution in [0, 0.1) is 5.92 Å². The molecule has 2 amide bonds. The summed E-state index contributed by atoms with van der Waals surface area (Å²) in [6.07, 6.45) is 0.693. The van der Waals surface area contributed by atoms with E-state index in [0.717, 1.165) is 0 Å². The Balaban J connectivity index is 4.29. The Hall–Kier alpha value is -1.79. The van der Waals surface area contributed by atoms with Gasteiger partial charge < -0.3 is 20.1 Å². The highest BCUT2D eigenvalue weighted by molar-refractivity contribution is 5.81. The first-order valence-electron chi connectivity index (χ1n) is 5.74. The summed E-state index contributed by atoms with van der Waals surface area (Å²) in [6.45, 7) is 3.65. The zero-order valence-corrected chi connectivity index (χ0v) is 10.9. The second kappa shape index (κ2) is 8.32. The molecule has 2 N–H and O–H groups in total. The monoisotopic (exact) mass is 260 g/mol. The van der Waals surface area contributed by atoms with Gasteiger partial charge in [0.25, 0.3) is 0 Å². The van der Waals surface area contributed by atoms with Crippen LogP contribution in [0.1, 0.15) is 20.3 Å². The van der Waals surface area contributed by atoms with Gasteiger partial charge >= 0.3 is 18.0 Å². The summed E-state index contributed by atoms with van der Waals surface area (Å²) in [5.41, 5.74) is 0. The molecule has 0 aromatic rings. The first-order chi connectivity index (χ1) is 8.42. The van der Waals surface area contributed by atoms with Crippen LogP contribution in [0.4, 0.5) is 4.79 Å². The highest BCUT2D eigenvalue weighted by atomic mass is 16.5. The van der Waals surface area contributed by atoms with Crippen molar-refractivity contribution in [2.75, 3.05) is 26.7 Å². The standard InChI is InChI=1S/C11H20N2O5/c1-4-5-13(7-9(14)18-3)11(17)12-6-8(2)10(15)16/h8H,4-7H2,1-3H3,(H,12,17)(H,15,16). The summed E-state index contributed by atoms with van der Waals surface area (Å²) >= 11 is 0. The van der Waals surface area contributed by atoms with Crippen LogP contribution >= 0.6 is 0 Å². The number of amides is 2. The first-order valence-corrected chi connectivity index (χ1v) is 5.74. The molecule has 104 valence electrons. The quantitative estimate of drug-likeness (QED) is 0.642. The molecular formula is C11H20N2O5. The SMILES string of the molecule is CCCN(CC(=O)OC)C(=O)NCC(C)C(=O)O. The smallest absolute Gasteiger partial charge is 0.325 e. The highest BCUT2D eigenvalue weighted by Crippen LogP contribution is 1.96. The average Bonchev–Trinajstić information content (AvgIpc) is 2.34. The van der Waals surface area contributed by atoms with E-state index in [9.17, 15) is 14.4 Å². The number of esters is 1. The molecule has 1 unspecified atom stereocenters. The van der Waals surface area contributed by atoms with Crippen LogP contribution in [-0.4, -0.2) is 54.7 Å². The van der Waals surface area contributed by atoms with Crippen molar-refractivity contribution >= 4 is 18.0 Å².